The van der Waals surface area contributed by atoms with Crippen LogP contribution in [0.2, 0.25) is 0 Å². The highest BCUT2D eigenvalue weighted by Crippen LogP contribution is 2.49. The molecule has 3 heterocycles. The number of carbonyl (C=O) groups excluding carboxylic acids is 1. The predicted octanol–water partition coefficient (Wildman–Crippen LogP) is 4.36. The predicted molar refractivity (Wildman–Crippen MR) is 118 cm³/mol. The van der Waals surface area contributed by atoms with Gasteiger partial charge >= 0.3 is 0 Å². The summed E-state index contributed by atoms with van der Waals surface area (Å²) in [7, 11) is 0. The minimum absolute atomic E-state index is 0.0108. The molecular formula is C25H24N4O2. The minimum atomic E-state index is 0.0108. The van der Waals surface area contributed by atoms with E-state index in [4.69, 9.17) is 4.42 Å². The van der Waals surface area contributed by atoms with Crippen LogP contribution >= 0.6 is 0 Å². The second-order valence-electron chi connectivity index (χ2n) is 9.20. The molecule has 0 N–H and O–H groups in total. The molecule has 3 atom stereocenters. The molecule has 0 unspecified atom stereocenters. The van der Waals surface area contributed by atoms with E-state index >= 15 is 0 Å². The SMILES string of the molecule is C[C@@H]1[C@H]2Cc3ccc(-c4nnco4)cc3[C@]1(C)CCN2C(=O)c1ccc2c(c1)CC=N2. The van der Waals surface area contributed by atoms with Crippen LogP contribution in [0, 0.1) is 5.92 Å². The van der Waals surface area contributed by atoms with Gasteiger partial charge in [0, 0.05) is 36.3 Å². The number of rotatable bonds is 2. The first-order valence-corrected chi connectivity index (χ1v) is 10.9. The summed E-state index contributed by atoms with van der Waals surface area (Å²) in [6.45, 7) is 5.40. The summed E-state index contributed by atoms with van der Waals surface area (Å²) in [5, 5.41) is 7.89. The molecule has 6 rings (SSSR count). The number of benzene rings is 2. The first-order valence-electron chi connectivity index (χ1n) is 10.9. The van der Waals surface area contributed by atoms with E-state index in [0.717, 1.165) is 48.2 Å². The zero-order valence-corrected chi connectivity index (χ0v) is 17.7. The maximum absolute atomic E-state index is 13.5. The van der Waals surface area contributed by atoms with E-state index in [0.29, 0.717) is 11.8 Å². The monoisotopic (exact) mass is 412 g/mol. The van der Waals surface area contributed by atoms with Gasteiger partial charge < -0.3 is 9.32 Å². The lowest BCUT2D eigenvalue weighted by atomic mass is 9.58. The molecule has 0 radical (unpaired) electrons. The van der Waals surface area contributed by atoms with E-state index in [9.17, 15) is 4.79 Å². The Labute approximate surface area is 181 Å². The van der Waals surface area contributed by atoms with Crippen molar-refractivity contribution in [3.05, 3.63) is 65.0 Å². The van der Waals surface area contributed by atoms with Gasteiger partial charge in [0.25, 0.3) is 5.91 Å². The van der Waals surface area contributed by atoms with Crippen LogP contribution in [-0.2, 0) is 18.3 Å². The molecule has 1 saturated heterocycles. The molecule has 1 fully saturated rings. The fourth-order valence-corrected chi connectivity index (χ4v) is 5.72. The number of hydrogen-bond acceptors (Lipinski definition) is 5. The minimum Gasteiger partial charge on any atom is -0.423 e. The van der Waals surface area contributed by atoms with E-state index in [1.807, 2.05) is 30.5 Å². The molecule has 2 bridgehead atoms. The van der Waals surface area contributed by atoms with Crippen LogP contribution in [0.5, 0.6) is 0 Å². The molecule has 3 aliphatic rings. The molecule has 2 aliphatic heterocycles. The molecule has 1 aromatic heterocycles. The first-order chi connectivity index (χ1) is 15.0. The van der Waals surface area contributed by atoms with Gasteiger partial charge in [0.05, 0.1) is 5.69 Å². The van der Waals surface area contributed by atoms with Gasteiger partial charge in [0.1, 0.15) is 0 Å². The molecule has 6 heteroatoms. The highest BCUT2D eigenvalue weighted by Gasteiger charge is 2.49. The third-order valence-corrected chi connectivity index (χ3v) is 7.74. The number of likely N-dealkylation sites (tertiary alicyclic amines) is 1. The lowest BCUT2D eigenvalue weighted by Crippen LogP contribution is -2.59. The number of amides is 1. The smallest absolute Gasteiger partial charge is 0.254 e. The van der Waals surface area contributed by atoms with Crippen molar-refractivity contribution >= 4 is 17.8 Å². The van der Waals surface area contributed by atoms with E-state index in [-0.39, 0.29) is 17.4 Å². The number of nitrogens with zero attached hydrogens (tertiary/aromatic N) is 4. The average molecular weight is 412 g/mol. The maximum Gasteiger partial charge on any atom is 0.254 e. The summed E-state index contributed by atoms with van der Waals surface area (Å²) < 4.78 is 5.42. The molecule has 0 saturated carbocycles. The summed E-state index contributed by atoms with van der Waals surface area (Å²) in [5.74, 6) is 1.04. The van der Waals surface area contributed by atoms with E-state index in [1.54, 1.807) is 0 Å². The van der Waals surface area contributed by atoms with Crippen molar-refractivity contribution in [1.82, 2.24) is 15.1 Å². The van der Waals surface area contributed by atoms with Crippen LogP contribution in [0.15, 0.2) is 52.2 Å². The second-order valence-corrected chi connectivity index (χ2v) is 9.20. The van der Waals surface area contributed by atoms with Crippen molar-refractivity contribution in [2.24, 2.45) is 10.9 Å². The molecule has 0 spiro atoms. The van der Waals surface area contributed by atoms with E-state index in [1.165, 1.54) is 17.5 Å². The second kappa shape index (κ2) is 6.61. The van der Waals surface area contributed by atoms with Crippen LogP contribution in [0.1, 0.15) is 47.3 Å². The van der Waals surface area contributed by atoms with Crippen LogP contribution < -0.4 is 0 Å². The van der Waals surface area contributed by atoms with Crippen LogP contribution in [0.3, 0.4) is 0 Å². The largest absolute Gasteiger partial charge is 0.423 e. The summed E-state index contributed by atoms with van der Waals surface area (Å²) in [6.07, 6.45) is 5.89. The normalized spacial score (nSPS) is 25.9. The lowest BCUT2D eigenvalue weighted by Gasteiger charge is -2.54. The highest BCUT2D eigenvalue weighted by atomic mass is 16.4. The third-order valence-electron chi connectivity index (χ3n) is 7.74. The Morgan fingerprint density at radius 1 is 1.19 bits per heavy atom. The fourth-order valence-electron chi connectivity index (χ4n) is 5.72. The Bertz CT molecular complexity index is 1220. The molecule has 31 heavy (non-hydrogen) atoms. The van der Waals surface area contributed by atoms with Crippen molar-refractivity contribution in [1.29, 1.82) is 0 Å². The van der Waals surface area contributed by atoms with Gasteiger partial charge in [-0.1, -0.05) is 19.9 Å². The van der Waals surface area contributed by atoms with Crippen molar-refractivity contribution in [2.75, 3.05) is 6.54 Å². The fraction of sp³-hybridized carbons (Fsp3) is 0.360. The zero-order chi connectivity index (χ0) is 21.2. The molecule has 156 valence electrons. The molecular weight excluding hydrogens is 388 g/mol. The van der Waals surface area contributed by atoms with Crippen molar-refractivity contribution in [3.8, 4) is 11.5 Å². The molecule has 6 nitrogen and oxygen atoms in total. The topological polar surface area (TPSA) is 71.6 Å². The van der Waals surface area contributed by atoms with Gasteiger partial charge in [-0.2, -0.15) is 0 Å². The Balaban J connectivity index is 1.34. The van der Waals surface area contributed by atoms with Crippen LogP contribution in [0.4, 0.5) is 5.69 Å². The summed E-state index contributed by atoms with van der Waals surface area (Å²) >= 11 is 0. The third kappa shape index (κ3) is 2.70. The lowest BCUT2D eigenvalue weighted by molar-refractivity contribution is 0.0251. The summed E-state index contributed by atoms with van der Waals surface area (Å²) in [5.41, 5.74) is 6.54. The van der Waals surface area contributed by atoms with Gasteiger partial charge in [-0.25, -0.2) is 0 Å². The molecule has 1 amide bonds. The zero-order valence-electron chi connectivity index (χ0n) is 17.7. The molecule has 1 aliphatic carbocycles. The maximum atomic E-state index is 13.5. The van der Waals surface area contributed by atoms with Gasteiger partial charge in [-0.05, 0) is 71.2 Å². The van der Waals surface area contributed by atoms with E-state index in [2.05, 4.69) is 46.1 Å². The number of hydrogen-bond donors (Lipinski definition) is 0. The molecule has 3 aromatic rings. The van der Waals surface area contributed by atoms with Crippen molar-refractivity contribution in [3.63, 3.8) is 0 Å². The number of aromatic nitrogens is 2. The Morgan fingerprint density at radius 2 is 2.10 bits per heavy atom. The van der Waals surface area contributed by atoms with Gasteiger partial charge in [0.2, 0.25) is 12.3 Å². The van der Waals surface area contributed by atoms with Crippen LogP contribution in [-0.4, -0.2) is 39.8 Å². The first kappa shape index (κ1) is 18.5. The van der Waals surface area contributed by atoms with Crippen LogP contribution in [0.25, 0.3) is 11.5 Å². The van der Waals surface area contributed by atoms with Gasteiger partial charge in [-0.3, -0.25) is 9.79 Å². The van der Waals surface area contributed by atoms with Gasteiger partial charge in [-0.15, -0.1) is 10.2 Å². The summed E-state index contributed by atoms with van der Waals surface area (Å²) in [6, 6.07) is 12.6. The Hall–Kier alpha value is -3.28. The van der Waals surface area contributed by atoms with Crippen molar-refractivity contribution in [2.45, 2.75) is 44.6 Å². The number of fused-ring (bicyclic) bond motifs is 5. The number of aliphatic imine (C=N–C) groups is 1. The standard InChI is InChI=1S/C25H24N4O2/c1-15-22-13-16-3-4-18(23-28-27-14-31-23)12-20(16)25(15,2)8-10-29(22)24(30)19-5-6-21-17(11-19)7-9-26-21/h3-6,9,11-12,14-15,22H,7-8,10,13H2,1-2H3/t15-,22-,25-/m1/s1. The van der Waals surface area contributed by atoms with Crippen molar-refractivity contribution < 1.29 is 9.21 Å². The van der Waals surface area contributed by atoms with E-state index < -0.39 is 0 Å². The summed E-state index contributed by atoms with van der Waals surface area (Å²) in [4.78, 5) is 20.0. The number of carbonyl (C=O) groups is 1. The number of piperidine rings is 1. The highest BCUT2D eigenvalue weighted by molar-refractivity contribution is 5.96. The van der Waals surface area contributed by atoms with Gasteiger partial charge in [0.15, 0.2) is 0 Å². The Morgan fingerprint density at radius 3 is 2.94 bits per heavy atom. The Kier molecular flexibility index (Phi) is 3.94. The quantitative estimate of drug-likeness (QED) is 0.627. The molecule has 2 aromatic carbocycles. The average Bonchev–Trinajstić information content (AvgIpc) is 3.47.